The van der Waals surface area contributed by atoms with Gasteiger partial charge in [0, 0.05) is 27.8 Å². The fourth-order valence-corrected chi connectivity index (χ4v) is 8.48. The predicted octanol–water partition coefficient (Wildman–Crippen LogP) is 15.0. The van der Waals surface area contributed by atoms with Crippen molar-refractivity contribution in [2.24, 2.45) is 0 Å². The van der Waals surface area contributed by atoms with Crippen LogP contribution in [0.2, 0.25) is 0 Å². The number of hydrogen-bond donors (Lipinski definition) is 0. The van der Waals surface area contributed by atoms with Crippen LogP contribution in [0.1, 0.15) is 0 Å². The molecule has 1 aromatic heterocycles. The Hall–Kier alpha value is -7.16. The van der Waals surface area contributed by atoms with Crippen molar-refractivity contribution < 1.29 is 4.42 Å². The van der Waals surface area contributed by atoms with Gasteiger partial charge < -0.3 is 9.32 Å². The van der Waals surface area contributed by atoms with Gasteiger partial charge in [-0.1, -0.05) is 146 Å². The molecule has 0 aliphatic heterocycles. The van der Waals surface area contributed by atoms with E-state index in [1.54, 1.807) is 0 Å². The molecule has 0 aliphatic carbocycles. The van der Waals surface area contributed by atoms with Crippen molar-refractivity contribution in [1.82, 2.24) is 0 Å². The van der Waals surface area contributed by atoms with Crippen molar-refractivity contribution in [2.75, 3.05) is 4.90 Å². The Morgan fingerprint density at radius 2 is 0.833 bits per heavy atom. The lowest BCUT2D eigenvalue weighted by atomic mass is 9.93. The van der Waals surface area contributed by atoms with Gasteiger partial charge in [0.2, 0.25) is 0 Å². The molecule has 1 heterocycles. The van der Waals surface area contributed by atoms with E-state index in [9.17, 15) is 0 Å². The summed E-state index contributed by atoms with van der Waals surface area (Å²) in [6, 6.07) is 72.4. The molecule has 2 heteroatoms. The van der Waals surface area contributed by atoms with Crippen LogP contribution < -0.4 is 4.90 Å². The van der Waals surface area contributed by atoms with Crippen molar-refractivity contribution >= 4 is 82.1 Å². The first-order chi connectivity index (χ1) is 26.8. The van der Waals surface area contributed by atoms with E-state index < -0.39 is 0 Å². The van der Waals surface area contributed by atoms with Crippen LogP contribution in [-0.4, -0.2) is 0 Å². The minimum Gasteiger partial charge on any atom is -0.456 e. The fraction of sp³-hybridized carbons (Fsp3) is 0. The highest BCUT2D eigenvalue weighted by Gasteiger charge is 2.17. The Bertz CT molecular complexity index is 3190. The molecule has 0 amide bonds. The molecule has 0 aliphatic rings. The Morgan fingerprint density at radius 1 is 0.278 bits per heavy atom. The molecule has 11 rings (SSSR count). The molecule has 0 atom stereocenters. The summed E-state index contributed by atoms with van der Waals surface area (Å²) in [5.74, 6) is 0. The van der Waals surface area contributed by atoms with E-state index >= 15 is 0 Å². The van der Waals surface area contributed by atoms with Crippen molar-refractivity contribution in [3.8, 4) is 22.3 Å². The maximum absolute atomic E-state index is 6.13. The molecule has 0 saturated carbocycles. The molecule has 11 aromatic rings. The van der Waals surface area contributed by atoms with Gasteiger partial charge in [-0.25, -0.2) is 0 Å². The van der Waals surface area contributed by atoms with E-state index in [-0.39, 0.29) is 0 Å². The van der Waals surface area contributed by atoms with E-state index in [1.165, 1.54) is 54.2 Å². The van der Waals surface area contributed by atoms with Crippen LogP contribution in [-0.2, 0) is 0 Å². The molecule has 54 heavy (non-hydrogen) atoms. The zero-order valence-corrected chi connectivity index (χ0v) is 29.4. The number of anilines is 3. The first-order valence-corrected chi connectivity index (χ1v) is 18.5. The number of furan rings is 1. The van der Waals surface area contributed by atoms with E-state index in [0.29, 0.717) is 0 Å². The van der Waals surface area contributed by atoms with E-state index in [4.69, 9.17) is 4.42 Å². The Morgan fingerprint density at radius 3 is 1.61 bits per heavy atom. The fourth-order valence-electron chi connectivity index (χ4n) is 8.48. The Kier molecular flexibility index (Phi) is 6.90. The van der Waals surface area contributed by atoms with Gasteiger partial charge in [-0.05, 0) is 120 Å². The largest absolute Gasteiger partial charge is 0.456 e. The molecule has 2 nitrogen and oxygen atoms in total. The number of nitrogens with zero attached hydrogens (tertiary/aromatic N) is 1. The van der Waals surface area contributed by atoms with E-state index in [2.05, 4.69) is 193 Å². The molecule has 252 valence electrons. The van der Waals surface area contributed by atoms with Gasteiger partial charge in [0.1, 0.15) is 11.2 Å². The molecule has 0 spiro atoms. The second-order valence-corrected chi connectivity index (χ2v) is 14.1. The third kappa shape index (κ3) is 4.88. The summed E-state index contributed by atoms with van der Waals surface area (Å²) in [5, 5.41) is 12.4. The summed E-state index contributed by atoms with van der Waals surface area (Å²) in [7, 11) is 0. The first-order valence-electron chi connectivity index (χ1n) is 18.5. The number of benzene rings is 10. The maximum Gasteiger partial charge on any atom is 0.135 e. The summed E-state index contributed by atoms with van der Waals surface area (Å²) in [4.78, 5) is 2.40. The Balaban J connectivity index is 1.09. The standard InChI is InChI=1S/C52H33NO/c1-2-15-41-35(11-1)12-10-21-42(41)37-13-9-14-39(31-37)53(40-28-29-47-45-18-4-3-16-43(45)44-17-5-6-19-46(44)49(47)33-40)38-26-23-34(24-27-38)36-25-30-52-50(32-36)48-20-7-8-22-51(48)54-52/h1-33H. The van der Waals surface area contributed by atoms with Crippen LogP contribution >= 0.6 is 0 Å². The van der Waals surface area contributed by atoms with E-state index in [1.807, 2.05) is 12.1 Å². The first kappa shape index (κ1) is 30.5. The molecule has 0 saturated heterocycles. The highest BCUT2D eigenvalue weighted by atomic mass is 16.3. The minimum atomic E-state index is 0.908. The third-order valence-corrected chi connectivity index (χ3v) is 11.0. The van der Waals surface area contributed by atoms with Crippen LogP contribution in [0.5, 0.6) is 0 Å². The lowest BCUT2D eigenvalue weighted by molar-refractivity contribution is 0.669. The normalized spacial score (nSPS) is 11.7. The average molecular weight is 688 g/mol. The zero-order valence-electron chi connectivity index (χ0n) is 29.4. The second kappa shape index (κ2) is 12.2. The number of fused-ring (bicyclic) bond motifs is 10. The van der Waals surface area contributed by atoms with Crippen molar-refractivity contribution in [3.63, 3.8) is 0 Å². The molecule has 0 N–H and O–H groups in total. The molecular weight excluding hydrogens is 655 g/mol. The topological polar surface area (TPSA) is 16.4 Å². The summed E-state index contributed by atoms with van der Waals surface area (Å²) >= 11 is 0. The summed E-state index contributed by atoms with van der Waals surface area (Å²) in [6.45, 7) is 0. The average Bonchev–Trinajstić information content (AvgIpc) is 3.62. The lowest BCUT2D eigenvalue weighted by Gasteiger charge is -2.27. The summed E-state index contributed by atoms with van der Waals surface area (Å²) < 4.78 is 6.13. The molecular formula is C52H33NO. The van der Waals surface area contributed by atoms with Gasteiger partial charge in [-0.3, -0.25) is 0 Å². The lowest BCUT2D eigenvalue weighted by Crippen LogP contribution is -2.10. The molecule has 0 radical (unpaired) electrons. The Labute approximate surface area is 312 Å². The number of hydrogen-bond acceptors (Lipinski definition) is 2. The van der Waals surface area contributed by atoms with Gasteiger partial charge in [0.25, 0.3) is 0 Å². The van der Waals surface area contributed by atoms with Crippen LogP contribution in [0.4, 0.5) is 17.1 Å². The van der Waals surface area contributed by atoms with Gasteiger partial charge in [0.15, 0.2) is 0 Å². The second-order valence-electron chi connectivity index (χ2n) is 14.1. The molecule has 0 bridgehead atoms. The van der Waals surface area contributed by atoms with Gasteiger partial charge >= 0.3 is 0 Å². The van der Waals surface area contributed by atoms with E-state index in [0.717, 1.165) is 50.1 Å². The highest BCUT2D eigenvalue weighted by molar-refractivity contribution is 6.25. The number of para-hydroxylation sites is 1. The molecule has 0 fully saturated rings. The van der Waals surface area contributed by atoms with Crippen LogP contribution in [0.25, 0.3) is 87.3 Å². The van der Waals surface area contributed by atoms with Crippen molar-refractivity contribution in [2.45, 2.75) is 0 Å². The molecule has 10 aromatic carbocycles. The number of rotatable bonds is 5. The van der Waals surface area contributed by atoms with Crippen LogP contribution in [0, 0.1) is 0 Å². The van der Waals surface area contributed by atoms with Crippen molar-refractivity contribution in [1.29, 1.82) is 0 Å². The van der Waals surface area contributed by atoms with Crippen LogP contribution in [0.15, 0.2) is 205 Å². The summed E-state index contributed by atoms with van der Waals surface area (Å²) in [6.07, 6.45) is 0. The zero-order chi connectivity index (χ0) is 35.6. The predicted molar refractivity (Wildman–Crippen MR) is 229 cm³/mol. The molecule has 0 unspecified atom stereocenters. The quantitative estimate of drug-likeness (QED) is 0.168. The van der Waals surface area contributed by atoms with Crippen LogP contribution in [0.3, 0.4) is 0 Å². The SMILES string of the molecule is c1cc(-c2cccc3ccccc23)cc(N(c2ccc(-c3ccc4oc5ccccc5c4c3)cc2)c2ccc3c4ccccc4c4ccccc4c3c2)c1. The monoisotopic (exact) mass is 687 g/mol. The third-order valence-electron chi connectivity index (χ3n) is 11.0. The highest BCUT2D eigenvalue weighted by Crippen LogP contribution is 2.43. The maximum atomic E-state index is 6.13. The van der Waals surface area contributed by atoms with Gasteiger partial charge in [-0.2, -0.15) is 0 Å². The minimum absolute atomic E-state index is 0.908. The van der Waals surface area contributed by atoms with Gasteiger partial charge in [-0.15, -0.1) is 0 Å². The smallest absolute Gasteiger partial charge is 0.135 e. The summed E-state index contributed by atoms with van der Waals surface area (Å²) in [5.41, 5.74) is 9.85. The van der Waals surface area contributed by atoms with Crippen molar-refractivity contribution in [3.05, 3.63) is 200 Å². The van der Waals surface area contributed by atoms with Gasteiger partial charge in [0.05, 0.1) is 0 Å².